The Morgan fingerprint density at radius 1 is 1.59 bits per heavy atom. The third-order valence-electron chi connectivity index (χ3n) is 3.66. The summed E-state index contributed by atoms with van der Waals surface area (Å²) in [5.74, 6) is 0. The van der Waals surface area contributed by atoms with Crippen LogP contribution in [0, 0.1) is 6.92 Å². The summed E-state index contributed by atoms with van der Waals surface area (Å²) in [6.07, 6.45) is 7.06. The number of nitrogens with two attached hydrogens (primary N) is 1. The highest BCUT2D eigenvalue weighted by molar-refractivity contribution is 5.33. The first-order valence-corrected chi connectivity index (χ1v) is 6.17. The number of aryl methyl sites for hydroxylation is 1. The summed E-state index contributed by atoms with van der Waals surface area (Å²) in [7, 11) is 0. The van der Waals surface area contributed by atoms with Gasteiger partial charge in [-0.25, -0.2) is 4.98 Å². The van der Waals surface area contributed by atoms with Gasteiger partial charge in [-0.3, -0.25) is 0 Å². The molecule has 2 aromatic rings. The summed E-state index contributed by atoms with van der Waals surface area (Å²) in [5.41, 5.74) is 11.4. The van der Waals surface area contributed by atoms with Gasteiger partial charge < -0.3 is 15.3 Å². The lowest BCUT2D eigenvalue weighted by atomic mass is 9.93. The number of rotatable bonds is 2. The Morgan fingerprint density at radius 2 is 2.47 bits per heavy atom. The molecule has 0 bridgehead atoms. The van der Waals surface area contributed by atoms with Gasteiger partial charge in [0.1, 0.15) is 0 Å². The molecule has 0 radical (unpaired) electrons. The van der Waals surface area contributed by atoms with E-state index in [1.807, 2.05) is 6.20 Å². The van der Waals surface area contributed by atoms with E-state index in [-0.39, 0.29) is 6.04 Å². The molecule has 1 unspecified atom stereocenters. The molecule has 1 atom stereocenters. The van der Waals surface area contributed by atoms with Crippen molar-refractivity contribution in [3.8, 4) is 0 Å². The topological polar surface area (TPSA) is 59.6 Å². The van der Waals surface area contributed by atoms with E-state index in [1.54, 1.807) is 6.33 Å². The zero-order valence-electron chi connectivity index (χ0n) is 10.1. The second-order valence-electron chi connectivity index (χ2n) is 4.85. The second kappa shape index (κ2) is 4.04. The van der Waals surface area contributed by atoms with Crippen LogP contribution in [-0.4, -0.2) is 14.5 Å². The quantitative estimate of drug-likeness (QED) is 0.827. The van der Waals surface area contributed by atoms with Crippen molar-refractivity contribution in [1.29, 1.82) is 0 Å². The van der Waals surface area contributed by atoms with Crippen LogP contribution in [-0.2, 0) is 13.0 Å². The molecule has 1 aliphatic rings. The van der Waals surface area contributed by atoms with Gasteiger partial charge in [0.25, 0.3) is 0 Å². The Morgan fingerprint density at radius 3 is 3.24 bits per heavy atom. The van der Waals surface area contributed by atoms with Crippen molar-refractivity contribution in [3.63, 3.8) is 0 Å². The van der Waals surface area contributed by atoms with Crippen LogP contribution in [0.25, 0.3) is 0 Å². The number of hydrogen-bond acceptors (Lipinski definition) is 2. The van der Waals surface area contributed by atoms with Crippen LogP contribution in [0.15, 0.2) is 18.6 Å². The molecule has 17 heavy (non-hydrogen) atoms. The number of hydrogen-bond donors (Lipinski definition) is 2. The number of aromatic amines is 1. The Hall–Kier alpha value is -1.55. The first kappa shape index (κ1) is 10.6. The van der Waals surface area contributed by atoms with E-state index in [1.165, 1.54) is 23.4 Å². The minimum atomic E-state index is 0.223. The predicted octanol–water partition coefficient (Wildman–Crippen LogP) is 1.90. The number of H-pyrrole nitrogens is 1. The van der Waals surface area contributed by atoms with E-state index in [0.717, 1.165) is 25.1 Å². The molecule has 0 saturated carbocycles. The van der Waals surface area contributed by atoms with E-state index in [0.29, 0.717) is 0 Å². The molecule has 2 heterocycles. The maximum Gasteiger partial charge on any atom is 0.0922 e. The third-order valence-corrected chi connectivity index (χ3v) is 3.66. The maximum atomic E-state index is 6.17. The fourth-order valence-electron chi connectivity index (χ4n) is 2.76. The fraction of sp³-hybridized carbons (Fsp3) is 0.462. The van der Waals surface area contributed by atoms with Crippen molar-refractivity contribution < 1.29 is 0 Å². The number of imidazole rings is 1. The van der Waals surface area contributed by atoms with Gasteiger partial charge in [-0.2, -0.15) is 0 Å². The number of fused-ring (bicyclic) bond motifs is 1. The van der Waals surface area contributed by atoms with Crippen LogP contribution in [0.2, 0.25) is 0 Å². The minimum absolute atomic E-state index is 0.223. The summed E-state index contributed by atoms with van der Waals surface area (Å²) >= 11 is 0. The predicted molar refractivity (Wildman–Crippen MR) is 66.7 cm³/mol. The Balaban J connectivity index is 1.99. The molecular formula is C13H18N4. The average molecular weight is 230 g/mol. The van der Waals surface area contributed by atoms with Crippen molar-refractivity contribution in [2.24, 2.45) is 5.73 Å². The molecule has 2 aromatic heterocycles. The largest absolute Gasteiger partial charge is 0.347 e. The summed E-state index contributed by atoms with van der Waals surface area (Å²) in [5, 5.41) is 0. The Labute approximate surface area is 101 Å². The average Bonchev–Trinajstić information content (AvgIpc) is 2.91. The zero-order valence-corrected chi connectivity index (χ0v) is 10.1. The van der Waals surface area contributed by atoms with Gasteiger partial charge in [-0.05, 0) is 37.8 Å². The molecule has 0 aromatic carbocycles. The van der Waals surface area contributed by atoms with Gasteiger partial charge in [0.2, 0.25) is 0 Å². The summed E-state index contributed by atoms with van der Waals surface area (Å²) < 4.78 is 2.36. The van der Waals surface area contributed by atoms with Crippen LogP contribution in [0.4, 0.5) is 0 Å². The van der Waals surface area contributed by atoms with Crippen molar-refractivity contribution in [2.75, 3.05) is 0 Å². The van der Waals surface area contributed by atoms with Crippen molar-refractivity contribution >= 4 is 0 Å². The number of nitrogens with one attached hydrogen (secondary N) is 1. The van der Waals surface area contributed by atoms with Crippen LogP contribution in [0.3, 0.4) is 0 Å². The fourth-order valence-corrected chi connectivity index (χ4v) is 2.76. The molecule has 0 aliphatic heterocycles. The van der Waals surface area contributed by atoms with Gasteiger partial charge in [0.05, 0.1) is 18.6 Å². The van der Waals surface area contributed by atoms with Gasteiger partial charge in [-0.15, -0.1) is 0 Å². The lowest BCUT2D eigenvalue weighted by molar-refractivity contribution is 0.545. The molecule has 3 rings (SSSR count). The van der Waals surface area contributed by atoms with Gasteiger partial charge in [-0.1, -0.05) is 0 Å². The molecule has 0 spiro atoms. The van der Waals surface area contributed by atoms with Crippen LogP contribution >= 0.6 is 0 Å². The third kappa shape index (κ3) is 1.78. The maximum absolute atomic E-state index is 6.17. The highest BCUT2D eigenvalue weighted by Gasteiger charge is 2.22. The van der Waals surface area contributed by atoms with Gasteiger partial charge in [0, 0.05) is 23.6 Å². The first-order chi connectivity index (χ1) is 8.25. The second-order valence-corrected chi connectivity index (χ2v) is 4.85. The molecule has 4 heteroatoms. The number of aromatic nitrogens is 3. The van der Waals surface area contributed by atoms with E-state index in [4.69, 9.17) is 5.73 Å². The minimum Gasteiger partial charge on any atom is -0.347 e. The van der Waals surface area contributed by atoms with E-state index in [2.05, 4.69) is 27.5 Å². The molecule has 0 amide bonds. The monoisotopic (exact) mass is 230 g/mol. The standard InChI is InChI=1S/C13H18N4/c1-9-5-11-12(14)3-2-4-13(11)17(9)7-10-6-15-8-16-10/h5-6,8,12H,2-4,7,14H2,1H3,(H,15,16). The van der Waals surface area contributed by atoms with Crippen molar-refractivity contribution in [1.82, 2.24) is 14.5 Å². The molecule has 3 N–H and O–H groups in total. The van der Waals surface area contributed by atoms with E-state index in [9.17, 15) is 0 Å². The lowest BCUT2D eigenvalue weighted by Gasteiger charge is -2.21. The summed E-state index contributed by atoms with van der Waals surface area (Å²) in [6, 6.07) is 2.47. The normalized spacial score (nSPS) is 19.3. The highest BCUT2D eigenvalue weighted by Crippen LogP contribution is 2.30. The zero-order chi connectivity index (χ0) is 11.8. The molecule has 1 aliphatic carbocycles. The molecule has 0 saturated heterocycles. The molecule has 90 valence electrons. The SMILES string of the molecule is Cc1cc2c(n1Cc1cnc[nH]1)CCCC2N. The van der Waals surface area contributed by atoms with Crippen LogP contribution in [0.1, 0.15) is 41.5 Å². The summed E-state index contributed by atoms with van der Waals surface area (Å²) in [6.45, 7) is 3.02. The van der Waals surface area contributed by atoms with E-state index >= 15 is 0 Å². The number of nitrogens with zero attached hydrogens (tertiary/aromatic N) is 2. The molecule has 4 nitrogen and oxygen atoms in total. The van der Waals surface area contributed by atoms with Gasteiger partial charge in [0.15, 0.2) is 0 Å². The summed E-state index contributed by atoms with van der Waals surface area (Å²) in [4.78, 5) is 7.22. The molecule has 0 fully saturated rings. The van der Waals surface area contributed by atoms with Crippen LogP contribution < -0.4 is 5.73 Å². The molecular weight excluding hydrogens is 212 g/mol. The van der Waals surface area contributed by atoms with Crippen LogP contribution in [0.5, 0.6) is 0 Å². The highest BCUT2D eigenvalue weighted by atomic mass is 15.0. The Bertz CT molecular complexity index is 510. The van der Waals surface area contributed by atoms with Gasteiger partial charge >= 0.3 is 0 Å². The Kier molecular flexibility index (Phi) is 2.52. The van der Waals surface area contributed by atoms with Crippen molar-refractivity contribution in [2.45, 2.75) is 38.8 Å². The van der Waals surface area contributed by atoms with Crippen molar-refractivity contribution in [3.05, 3.63) is 41.2 Å². The smallest absolute Gasteiger partial charge is 0.0922 e. The lowest BCUT2D eigenvalue weighted by Crippen LogP contribution is -2.18. The first-order valence-electron chi connectivity index (χ1n) is 6.17. The van der Waals surface area contributed by atoms with E-state index < -0.39 is 0 Å².